The monoisotopic (exact) mass is 217 g/mol. The van der Waals surface area contributed by atoms with Crippen molar-refractivity contribution in [3.63, 3.8) is 0 Å². The van der Waals surface area contributed by atoms with E-state index in [0.29, 0.717) is 0 Å². The maximum absolute atomic E-state index is 2.48. The van der Waals surface area contributed by atoms with Crippen molar-refractivity contribution in [1.82, 2.24) is 4.90 Å². The highest BCUT2D eigenvalue weighted by Gasteiger charge is 2.28. The van der Waals surface area contributed by atoms with Crippen LogP contribution in [0.3, 0.4) is 0 Å². The van der Waals surface area contributed by atoms with E-state index in [-0.39, 0.29) is 0 Å². The Kier molecular flexibility index (Phi) is 3.65. The van der Waals surface area contributed by atoms with Gasteiger partial charge in [0.25, 0.3) is 0 Å². The fraction of sp³-hybridized carbons (Fsp3) is 0.600. The molecule has 16 heavy (non-hydrogen) atoms. The molecule has 0 radical (unpaired) electrons. The van der Waals surface area contributed by atoms with Crippen LogP contribution in [0, 0.1) is 5.92 Å². The molecule has 1 aliphatic carbocycles. The average Bonchev–Trinajstić information content (AvgIpc) is 2.57. The summed E-state index contributed by atoms with van der Waals surface area (Å²) in [4.78, 5) is 2.48. The lowest BCUT2D eigenvalue weighted by Gasteiger charge is -2.23. The first kappa shape index (κ1) is 11.7. The van der Waals surface area contributed by atoms with Gasteiger partial charge in [-0.05, 0) is 49.4 Å². The molecule has 0 amide bonds. The second-order valence-electron chi connectivity index (χ2n) is 5.21. The van der Waals surface area contributed by atoms with Crippen molar-refractivity contribution in [1.29, 1.82) is 0 Å². The Bertz CT molecular complexity index is 345. The van der Waals surface area contributed by atoms with Crippen LogP contribution in [0.15, 0.2) is 24.3 Å². The highest BCUT2D eigenvalue weighted by Crippen LogP contribution is 2.37. The van der Waals surface area contributed by atoms with Crippen LogP contribution in [0.2, 0.25) is 0 Å². The van der Waals surface area contributed by atoms with Crippen molar-refractivity contribution >= 4 is 0 Å². The summed E-state index contributed by atoms with van der Waals surface area (Å²) in [5.41, 5.74) is 3.15. The summed E-state index contributed by atoms with van der Waals surface area (Å²) in [5.74, 6) is 1.55. The third-order valence-corrected chi connectivity index (χ3v) is 3.89. The normalized spacial score (nSPS) is 23.8. The maximum atomic E-state index is 2.48. The van der Waals surface area contributed by atoms with Crippen LogP contribution >= 0.6 is 0 Å². The van der Waals surface area contributed by atoms with Crippen LogP contribution in [-0.4, -0.2) is 25.0 Å². The van der Waals surface area contributed by atoms with Crippen molar-refractivity contribution in [2.75, 3.05) is 20.1 Å². The Morgan fingerprint density at radius 1 is 1.31 bits per heavy atom. The number of hydrogen-bond acceptors (Lipinski definition) is 1. The van der Waals surface area contributed by atoms with E-state index in [1.807, 2.05) is 0 Å². The summed E-state index contributed by atoms with van der Waals surface area (Å²) in [6.07, 6.45) is 2.52. The quantitative estimate of drug-likeness (QED) is 0.748. The molecule has 0 aromatic heterocycles. The van der Waals surface area contributed by atoms with Gasteiger partial charge in [0.2, 0.25) is 0 Å². The first-order chi connectivity index (χ1) is 7.72. The lowest BCUT2D eigenvalue weighted by atomic mass is 9.94. The fourth-order valence-electron chi connectivity index (χ4n) is 2.97. The molecule has 0 heterocycles. The predicted molar refractivity (Wildman–Crippen MR) is 69.8 cm³/mol. The van der Waals surface area contributed by atoms with Gasteiger partial charge in [-0.3, -0.25) is 0 Å². The van der Waals surface area contributed by atoms with Crippen molar-refractivity contribution in [2.24, 2.45) is 5.92 Å². The SMILES string of the molecule is CCCN(C)C[C@@H]1Cc2ccccc2[C@H]1C. The second kappa shape index (κ2) is 5.01. The van der Waals surface area contributed by atoms with E-state index in [2.05, 4.69) is 50.1 Å². The molecule has 0 fully saturated rings. The molecule has 0 aliphatic heterocycles. The molecule has 0 saturated carbocycles. The van der Waals surface area contributed by atoms with E-state index in [9.17, 15) is 0 Å². The van der Waals surface area contributed by atoms with E-state index in [1.165, 1.54) is 25.9 Å². The Labute approximate surface area is 99.5 Å². The fourth-order valence-corrected chi connectivity index (χ4v) is 2.97. The first-order valence-electron chi connectivity index (χ1n) is 6.48. The zero-order valence-corrected chi connectivity index (χ0v) is 10.7. The van der Waals surface area contributed by atoms with Gasteiger partial charge in [0, 0.05) is 6.54 Å². The van der Waals surface area contributed by atoms with Gasteiger partial charge in [0.1, 0.15) is 0 Å². The third kappa shape index (κ3) is 2.30. The van der Waals surface area contributed by atoms with Crippen molar-refractivity contribution in [2.45, 2.75) is 32.6 Å². The number of nitrogens with zero attached hydrogens (tertiary/aromatic N) is 1. The molecule has 0 unspecified atom stereocenters. The summed E-state index contributed by atoms with van der Waals surface area (Å²) in [5, 5.41) is 0. The van der Waals surface area contributed by atoms with Gasteiger partial charge >= 0.3 is 0 Å². The lowest BCUT2D eigenvalue weighted by molar-refractivity contribution is 0.265. The summed E-state index contributed by atoms with van der Waals surface area (Å²) < 4.78 is 0. The van der Waals surface area contributed by atoms with E-state index >= 15 is 0 Å². The molecular formula is C15H23N. The standard InChI is InChI=1S/C15H23N/c1-4-9-16(3)11-14-10-13-7-5-6-8-15(13)12(14)2/h5-8,12,14H,4,9-11H2,1-3H3/t12-,14-/m0/s1. The van der Waals surface area contributed by atoms with Crippen LogP contribution in [0.25, 0.3) is 0 Å². The molecular weight excluding hydrogens is 194 g/mol. The van der Waals surface area contributed by atoms with Crippen LogP contribution in [0.5, 0.6) is 0 Å². The molecule has 1 aromatic carbocycles. The molecule has 1 heteroatoms. The molecule has 0 N–H and O–H groups in total. The summed E-state index contributed by atoms with van der Waals surface area (Å²) in [7, 11) is 2.25. The largest absolute Gasteiger partial charge is 0.306 e. The topological polar surface area (TPSA) is 3.24 Å². The van der Waals surface area contributed by atoms with E-state index in [4.69, 9.17) is 0 Å². The minimum Gasteiger partial charge on any atom is -0.306 e. The number of hydrogen-bond donors (Lipinski definition) is 0. The molecule has 0 bridgehead atoms. The highest BCUT2D eigenvalue weighted by molar-refractivity contribution is 5.35. The summed E-state index contributed by atoms with van der Waals surface area (Å²) in [6.45, 7) is 7.10. The summed E-state index contributed by atoms with van der Waals surface area (Å²) >= 11 is 0. The van der Waals surface area contributed by atoms with Crippen molar-refractivity contribution < 1.29 is 0 Å². The van der Waals surface area contributed by atoms with Crippen molar-refractivity contribution in [3.8, 4) is 0 Å². The highest BCUT2D eigenvalue weighted by atomic mass is 15.1. The van der Waals surface area contributed by atoms with Crippen LogP contribution in [-0.2, 0) is 6.42 Å². The Morgan fingerprint density at radius 2 is 2.06 bits per heavy atom. The molecule has 2 atom stereocenters. The lowest BCUT2D eigenvalue weighted by Crippen LogP contribution is -2.27. The maximum Gasteiger partial charge on any atom is 0.00155 e. The van der Waals surface area contributed by atoms with Gasteiger partial charge in [-0.1, -0.05) is 38.1 Å². The van der Waals surface area contributed by atoms with Crippen LogP contribution in [0.1, 0.15) is 37.3 Å². The Morgan fingerprint density at radius 3 is 2.75 bits per heavy atom. The minimum absolute atomic E-state index is 0.732. The summed E-state index contributed by atoms with van der Waals surface area (Å²) in [6, 6.07) is 8.95. The van der Waals surface area contributed by atoms with E-state index in [0.717, 1.165) is 11.8 Å². The minimum atomic E-state index is 0.732. The molecule has 1 aromatic rings. The van der Waals surface area contributed by atoms with Gasteiger partial charge in [-0.2, -0.15) is 0 Å². The number of benzene rings is 1. The van der Waals surface area contributed by atoms with Crippen LogP contribution < -0.4 is 0 Å². The van der Waals surface area contributed by atoms with Crippen molar-refractivity contribution in [3.05, 3.63) is 35.4 Å². The molecule has 0 saturated heterocycles. The molecule has 1 nitrogen and oxygen atoms in total. The average molecular weight is 217 g/mol. The van der Waals surface area contributed by atoms with Gasteiger partial charge in [-0.15, -0.1) is 0 Å². The van der Waals surface area contributed by atoms with Gasteiger partial charge < -0.3 is 4.90 Å². The van der Waals surface area contributed by atoms with E-state index in [1.54, 1.807) is 11.1 Å². The number of rotatable bonds is 4. The third-order valence-electron chi connectivity index (χ3n) is 3.89. The zero-order valence-electron chi connectivity index (χ0n) is 10.7. The second-order valence-corrected chi connectivity index (χ2v) is 5.21. The molecule has 88 valence electrons. The van der Waals surface area contributed by atoms with Gasteiger partial charge in [0.15, 0.2) is 0 Å². The van der Waals surface area contributed by atoms with Gasteiger partial charge in [-0.25, -0.2) is 0 Å². The molecule has 2 rings (SSSR count). The van der Waals surface area contributed by atoms with Crippen LogP contribution in [0.4, 0.5) is 0 Å². The van der Waals surface area contributed by atoms with Gasteiger partial charge in [0.05, 0.1) is 0 Å². The smallest absolute Gasteiger partial charge is 0.00155 e. The van der Waals surface area contributed by atoms with E-state index < -0.39 is 0 Å². The predicted octanol–water partition coefficient (Wildman–Crippen LogP) is 3.30. The zero-order chi connectivity index (χ0) is 11.5. The Balaban J connectivity index is 2.01. The number of fused-ring (bicyclic) bond motifs is 1. The Hall–Kier alpha value is -0.820. The molecule has 0 spiro atoms. The first-order valence-corrected chi connectivity index (χ1v) is 6.48. The molecule has 1 aliphatic rings.